The summed E-state index contributed by atoms with van der Waals surface area (Å²) < 4.78 is 5.10. The number of rotatable bonds is 11. The van der Waals surface area contributed by atoms with Crippen LogP contribution in [-0.2, 0) is 27.2 Å². The Kier molecular flexibility index (Phi) is 9.35. The Balaban J connectivity index is 1.78. The van der Waals surface area contributed by atoms with E-state index in [0.717, 1.165) is 30.4 Å². The number of benzene rings is 1. The van der Waals surface area contributed by atoms with Gasteiger partial charge in [0.25, 0.3) is 0 Å². The summed E-state index contributed by atoms with van der Waals surface area (Å²) in [6.45, 7) is 2.02. The highest BCUT2D eigenvalue weighted by molar-refractivity contribution is 5.84. The van der Waals surface area contributed by atoms with Crippen LogP contribution in [0.1, 0.15) is 42.9 Å². The molecule has 3 N–H and O–H groups in total. The summed E-state index contributed by atoms with van der Waals surface area (Å²) in [4.78, 5) is 28.6. The Morgan fingerprint density at radius 1 is 1.21 bits per heavy atom. The summed E-state index contributed by atoms with van der Waals surface area (Å²) in [5.74, 6) is 4.56. The summed E-state index contributed by atoms with van der Waals surface area (Å²) >= 11 is 0. The number of hydrogen-bond donors (Lipinski definition) is 2. The normalized spacial score (nSPS) is 11.9. The minimum absolute atomic E-state index is 0.151. The van der Waals surface area contributed by atoms with E-state index in [0.29, 0.717) is 12.8 Å². The summed E-state index contributed by atoms with van der Waals surface area (Å²) in [6, 6.07) is 10.9. The van der Waals surface area contributed by atoms with Crippen molar-refractivity contribution in [2.75, 3.05) is 6.61 Å². The highest BCUT2D eigenvalue weighted by Crippen LogP contribution is 2.09. The van der Waals surface area contributed by atoms with Gasteiger partial charge in [-0.3, -0.25) is 9.78 Å². The first-order valence-corrected chi connectivity index (χ1v) is 9.79. The number of aryl methyl sites for hydroxylation is 1. The third-order valence-electron chi connectivity index (χ3n) is 4.39. The summed E-state index contributed by atoms with van der Waals surface area (Å²) in [5.41, 5.74) is 3.02. The molecule has 0 aliphatic rings. The molecule has 1 aromatic carbocycles. The number of ether oxygens (including phenoxy) is 1. The average molecular weight is 396 g/mol. The van der Waals surface area contributed by atoms with E-state index in [2.05, 4.69) is 15.4 Å². The molecule has 2 rings (SSSR count). The van der Waals surface area contributed by atoms with Crippen LogP contribution in [-0.4, -0.2) is 35.7 Å². The van der Waals surface area contributed by atoms with Crippen LogP contribution >= 0.6 is 0 Å². The number of nitrogens with zero attached hydrogens (tertiary/aromatic N) is 2. The van der Waals surface area contributed by atoms with Gasteiger partial charge in [-0.2, -0.15) is 5.10 Å². The third-order valence-corrected chi connectivity index (χ3v) is 4.39. The number of aromatic nitrogens is 1. The van der Waals surface area contributed by atoms with Crippen molar-refractivity contribution in [2.45, 2.75) is 45.1 Å². The first kappa shape index (κ1) is 22.1. The molecule has 1 aromatic heterocycles. The van der Waals surface area contributed by atoms with E-state index in [4.69, 9.17) is 10.6 Å². The number of carbonyl (C=O) groups excluding carboxylic acids is 2. The Morgan fingerprint density at radius 2 is 2.00 bits per heavy atom. The second kappa shape index (κ2) is 12.3. The van der Waals surface area contributed by atoms with Crippen molar-refractivity contribution in [3.05, 3.63) is 65.5 Å². The number of unbranched alkanes of at least 4 members (excludes halogenated alkanes) is 1. The molecule has 2 aromatic rings. The molecule has 1 unspecified atom stereocenters. The lowest BCUT2D eigenvalue weighted by Crippen LogP contribution is -2.43. The largest absolute Gasteiger partial charge is 0.464 e. The summed E-state index contributed by atoms with van der Waals surface area (Å²) in [5, 5.41) is 6.30. The fourth-order valence-corrected chi connectivity index (χ4v) is 2.93. The smallest absolute Gasteiger partial charge is 0.328 e. The lowest BCUT2D eigenvalue weighted by molar-refractivity contribution is -0.147. The zero-order valence-electron chi connectivity index (χ0n) is 16.7. The fraction of sp³-hybridized carbons (Fsp3) is 0.364. The molecule has 0 aliphatic heterocycles. The van der Waals surface area contributed by atoms with Crippen molar-refractivity contribution in [2.24, 2.45) is 10.9 Å². The SMILES string of the molecule is CCOC(=O)C(Cc1cccnc1)NC(=O)CCCCc1ccc(C=NN)cc1. The van der Waals surface area contributed by atoms with Gasteiger partial charge in [0.15, 0.2) is 0 Å². The van der Waals surface area contributed by atoms with Crippen molar-refractivity contribution in [1.29, 1.82) is 0 Å². The van der Waals surface area contributed by atoms with Gasteiger partial charge >= 0.3 is 5.97 Å². The number of carbonyl (C=O) groups is 2. The van der Waals surface area contributed by atoms with Gasteiger partial charge in [0, 0.05) is 25.2 Å². The second-order valence-corrected chi connectivity index (χ2v) is 6.66. The highest BCUT2D eigenvalue weighted by atomic mass is 16.5. The maximum absolute atomic E-state index is 12.3. The number of nitrogens with one attached hydrogen (secondary N) is 1. The van der Waals surface area contributed by atoms with Gasteiger partial charge in [-0.1, -0.05) is 30.3 Å². The number of nitrogens with two attached hydrogens (primary N) is 1. The monoisotopic (exact) mass is 396 g/mol. The molecular weight excluding hydrogens is 368 g/mol. The quantitative estimate of drug-likeness (QED) is 0.199. The maximum Gasteiger partial charge on any atom is 0.328 e. The van der Waals surface area contributed by atoms with Crippen molar-refractivity contribution < 1.29 is 14.3 Å². The lowest BCUT2D eigenvalue weighted by atomic mass is 10.0. The van der Waals surface area contributed by atoms with E-state index < -0.39 is 12.0 Å². The van der Waals surface area contributed by atoms with Crippen LogP contribution < -0.4 is 11.2 Å². The molecule has 0 fully saturated rings. The van der Waals surface area contributed by atoms with E-state index in [9.17, 15) is 9.59 Å². The molecule has 0 saturated heterocycles. The third kappa shape index (κ3) is 8.13. The molecule has 0 radical (unpaired) electrons. The van der Waals surface area contributed by atoms with Gasteiger partial charge < -0.3 is 15.9 Å². The first-order chi connectivity index (χ1) is 14.1. The molecule has 29 heavy (non-hydrogen) atoms. The number of amides is 1. The topological polar surface area (TPSA) is 107 Å². The van der Waals surface area contributed by atoms with E-state index in [1.165, 1.54) is 5.56 Å². The van der Waals surface area contributed by atoms with Gasteiger partial charge in [-0.25, -0.2) is 4.79 Å². The molecule has 154 valence electrons. The molecule has 1 amide bonds. The van der Waals surface area contributed by atoms with Crippen LogP contribution in [0.25, 0.3) is 0 Å². The van der Waals surface area contributed by atoms with Crippen molar-refractivity contribution in [1.82, 2.24) is 10.3 Å². The van der Waals surface area contributed by atoms with Gasteiger partial charge in [0.05, 0.1) is 12.8 Å². The van der Waals surface area contributed by atoms with Crippen molar-refractivity contribution >= 4 is 18.1 Å². The van der Waals surface area contributed by atoms with E-state index in [1.54, 1.807) is 31.6 Å². The van der Waals surface area contributed by atoms with Crippen LogP contribution in [0.4, 0.5) is 0 Å². The molecule has 0 bridgehead atoms. The summed E-state index contributed by atoms with van der Waals surface area (Å²) in [6.07, 6.45) is 8.16. The predicted octanol–water partition coefficient (Wildman–Crippen LogP) is 2.38. The molecule has 7 nitrogen and oxygen atoms in total. The molecule has 1 heterocycles. The van der Waals surface area contributed by atoms with E-state index in [1.807, 2.05) is 30.3 Å². The van der Waals surface area contributed by atoms with Crippen LogP contribution in [0.5, 0.6) is 0 Å². The van der Waals surface area contributed by atoms with Crippen LogP contribution in [0, 0.1) is 0 Å². The minimum atomic E-state index is -0.705. The maximum atomic E-state index is 12.3. The van der Waals surface area contributed by atoms with Crippen LogP contribution in [0.15, 0.2) is 53.9 Å². The number of hydrazone groups is 1. The zero-order chi connectivity index (χ0) is 20.9. The second-order valence-electron chi connectivity index (χ2n) is 6.66. The number of pyridine rings is 1. The Hall–Kier alpha value is -3.22. The van der Waals surface area contributed by atoms with Crippen LogP contribution in [0.2, 0.25) is 0 Å². The Morgan fingerprint density at radius 3 is 2.66 bits per heavy atom. The van der Waals surface area contributed by atoms with Gasteiger partial charge in [0.1, 0.15) is 6.04 Å². The van der Waals surface area contributed by atoms with Gasteiger partial charge in [-0.05, 0) is 48.9 Å². The summed E-state index contributed by atoms with van der Waals surface area (Å²) in [7, 11) is 0. The van der Waals surface area contributed by atoms with Crippen molar-refractivity contribution in [3.8, 4) is 0 Å². The van der Waals surface area contributed by atoms with E-state index in [-0.39, 0.29) is 12.5 Å². The zero-order valence-corrected chi connectivity index (χ0v) is 16.7. The highest BCUT2D eigenvalue weighted by Gasteiger charge is 2.22. The average Bonchev–Trinajstić information content (AvgIpc) is 2.73. The van der Waals surface area contributed by atoms with Crippen molar-refractivity contribution in [3.63, 3.8) is 0 Å². The minimum Gasteiger partial charge on any atom is -0.464 e. The predicted molar refractivity (Wildman–Crippen MR) is 112 cm³/mol. The molecule has 0 spiro atoms. The standard InChI is InChI=1S/C22H28N4O3/c1-2-29-22(28)20(14-19-7-5-13-24-15-19)26-21(27)8-4-3-6-17-9-11-18(12-10-17)16-25-23/h5,7,9-13,15-16,20H,2-4,6,8,14,23H2,1H3,(H,26,27). The number of hydrogen-bond acceptors (Lipinski definition) is 6. The molecule has 0 aliphatic carbocycles. The molecule has 0 saturated carbocycles. The number of esters is 1. The van der Waals surface area contributed by atoms with E-state index >= 15 is 0 Å². The first-order valence-electron chi connectivity index (χ1n) is 9.79. The lowest BCUT2D eigenvalue weighted by Gasteiger charge is -2.17. The van der Waals surface area contributed by atoms with Gasteiger partial charge in [-0.15, -0.1) is 0 Å². The fourth-order valence-electron chi connectivity index (χ4n) is 2.93. The molecular formula is C22H28N4O3. The Labute approximate surface area is 171 Å². The molecule has 1 atom stereocenters. The molecule has 7 heteroatoms. The van der Waals surface area contributed by atoms with Crippen LogP contribution in [0.3, 0.4) is 0 Å². The Bertz CT molecular complexity index is 791. The van der Waals surface area contributed by atoms with Gasteiger partial charge in [0.2, 0.25) is 5.91 Å².